The molecule has 4 nitrogen and oxygen atoms in total. The Balaban J connectivity index is 1.27. The smallest absolute Gasteiger partial charge is 0.265 e. The Kier molecular flexibility index (Phi) is 7.19. The molecule has 0 atom stereocenters. The lowest BCUT2D eigenvalue weighted by molar-refractivity contribution is 0.00776. The van der Waals surface area contributed by atoms with Crippen molar-refractivity contribution >= 4 is 44.7 Å². The molecule has 0 aromatic heterocycles. The topological polar surface area (TPSA) is 40.6 Å². The summed E-state index contributed by atoms with van der Waals surface area (Å²) in [7, 11) is 0. The molecule has 0 N–H and O–H groups in total. The van der Waals surface area contributed by atoms with E-state index in [1.807, 2.05) is 18.2 Å². The van der Waals surface area contributed by atoms with Gasteiger partial charge in [0.2, 0.25) is 0 Å². The van der Waals surface area contributed by atoms with Crippen LogP contribution in [0.25, 0.3) is 32.5 Å². The Morgan fingerprint density at radius 3 is 1.95 bits per heavy atom. The molecule has 0 bridgehead atoms. The van der Waals surface area contributed by atoms with E-state index in [1.165, 1.54) is 21.5 Å². The quantitative estimate of drug-likeness (QED) is 0.156. The normalized spacial score (nSPS) is 16.8. The summed E-state index contributed by atoms with van der Waals surface area (Å²) in [5.74, 6) is 0.710. The summed E-state index contributed by atoms with van der Waals surface area (Å²) in [5.41, 5.74) is 4.99. The first-order valence-corrected chi connectivity index (χ1v) is 15.1. The Bertz CT molecular complexity index is 1940. The lowest BCUT2D eigenvalue weighted by atomic mass is 9.88. The molecule has 1 saturated carbocycles. The van der Waals surface area contributed by atoms with Crippen LogP contribution < -0.4 is 4.90 Å². The van der Waals surface area contributed by atoms with E-state index >= 15 is 0 Å². The summed E-state index contributed by atoms with van der Waals surface area (Å²) in [5, 5.41) is 14.3. The van der Waals surface area contributed by atoms with Crippen molar-refractivity contribution in [3.05, 3.63) is 155 Å². The largest absolute Gasteiger partial charge is 0.487 e. The van der Waals surface area contributed by atoms with Gasteiger partial charge in [-0.3, -0.25) is 0 Å². The average Bonchev–Trinajstić information content (AvgIpc) is 3.52. The lowest BCUT2D eigenvalue weighted by Gasteiger charge is -2.35. The van der Waals surface area contributed by atoms with E-state index in [0.717, 1.165) is 53.9 Å². The van der Waals surface area contributed by atoms with Gasteiger partial charge in [0.25, 0.3) is 5.70 Å². The molecule has 0 radical (unpaired) electrons. The van der Waals surface area contributed by atoms with Crippen LogP contribution in [0.4, 0.5) is 17.1 Å². The van der Waals surface area contributed by atoms with E-state index in [2.05, 4.69) is 125 Å². The van der Waals surface area contributed by atoms with Crippen molar-refractivity contribution in [2.24, 2.45) is 0 Å². The van der Waals surface area contributed by atoms with Crippen molar-refractivity contribution in [2.45, 2.75) is 37.7 Å². The fourth-order valence-electron chi connectivity index (χ4n) is 6.71. The van der Waals surface area contributed by atoms with Crippen LogP contribution in [0, 0.1) is 17.9 Å². The van der Waals surface area contributed by atoms with Gasteiger partial charge in [-0.05, 0) is 84.0 Å². The number of ether oxygens (including phenoxy) is 1. The molecule has 0 amide bonds. The van der Waals surface area contributed by atoms with Gasteiger partial charge < -0.3 is 9.64 Å². The van der Waals surface area contributed by atoms with Crippen molar-refractivity contribution in [3.63, 3.8) is 0 Å². The van der Waals surface area contributed by atoms with Gasteiger partial charge in [-0.2, -0.15) is 0 Å². The molecule has 0 unspecified atom stereocenters. The number of rotatable bonds is 5. The third-order valence-corrected chi connectivity index (χ3v) is 8.81. The van der Waals surface area contributed by atoms with E-state index in [9.17, 15) is 5.26 Å². The Hall–Kier alpha value is -5.58. The van der Waals surface area contributed by atoms with Crippen molar-refractivity contribution in [3.8, 4) is 6.07 Å². The highest BCUT2D eigenvalue weighted by atomic mass is 16.5. The van der Waals surface area contributed by atoms with E-state index in [4.69, 9.17) is 11.3 Å². The second-order valence-electron chi connectivity index (χ2n) is 11.6. The zero-order valence-electron chi connectivity index (χ0n) is 24.4. The molecule has 1 aliphatic carbocycles. The summed E-state index contributed by atoms with van der Waals surface area (Å²) in [6.45, 7) is 7.48. The molecule has 2 aliphatic rings. The summed E-state index contributed by atoms with van der Waals surface area (Å²) in [6.07, 6.45) is 10.6. The second-order valence-corrected chi connectivity index (χ2v) is 11.6. The predicted octanol–water partition coefficient (Wildman–Crippen LogP) is 10.8. The molecule has 7 rings (SSSR count). The van der Waals surface area contributed by atoms with Gasteiger partial charge in [-0.25, -0.2) is 10.1 Å². The molecule has 5 aromatic rings. The van der Waals surface area contributed by atoms with Gasteiger partial charge in [0, 0.05) is 22.9 Å². The Morgan fingerprint density at radius 1 is 0.773 bits per heavy atom. The number of benzene rings is 5. The summed E-state index contributed by atoms with van der Waals surface area (Å²) >= 11 is 0. The minimum Gasteiger partial charge on any atom is -0.487 e. The van der Waals surface area contributed by atoms with Crippen LogP contribution in [0.3, 0.4) is 0 Å². The van der Waals surface area contributed by atoms with Gasteiger partial charge >= 0.3 is 0 Å². The lowest BCUT2D eigenvalue weighted by Crippen LogP contribution is -2.31. The average molecular weight is 570 g/mol. The molecule has 1 aliphatic heterocycles. The molecule has 212 valence electrons. The fourth-order valence-corrected chi connectivity index (χ4v) is 6.71. The van der Waals surface area contributed by atoms with Gasteiger partial charge in [0.05, 0.1) is 24.0 Å². The molecular formula is C40H31N3O. The van der Waals surface area contributed by atoms with Crippen LogP contribution >= 0.6 is 0 Å². The fraction of sp³-hybridized carbons (Fsp3) is 0.150. The molecule has 1 fully saturated rings. The molecule has 4 heteroatoms. The number of nitrogens with zero attached hydrogens (tertiary/aromatic N) is 3. The summed E-state index contributed by atoms with van der Waals surface area (Å²) in [6, 6.07) is 40.6. The van der Waals surface area contributed by atoms with Crippen LogP contribution in [0.15, 0.2) is 138 Å². The van der Waals surface area contributed by atoms with E-state index in [1.54, 1.807) is 0 Å². The zero-order valence-corrected chi connectivity index (χ0v) is 24.4. The second kappa shape index (κ2) is 11.6. The minimum atomic E-state index is -0.308. The molecule has 0 saturated heterocycles. The molecule has 5 aromatic carbocycles. The van der Waals surface area contributed by atoms with Crippen LogP contribution in [-0.2, 0) is 4.74 Å². The van der Waals surface area contributed by atoms with Crippen LogP contribution in [0.5, 0.6) is 0 Å². The maximum Gasteiger partial charge on any atom is 0.265 e. The van der Waals surface area contributed by atoms with E-state index in [-0.39, 0.29) is 11.3 Å². The van der Waals surface area contributed by atoms with Crippen LogP contribution in [0.2, 0.25) is 0 Å². The molecule has 44 heavy (non-hydrogen) atoms. The van der Waals surface area contributed by atoms with E-state index < -0.39 is 0 Å². The highest BCUT2D eigenvalue weighted by molar-refractivity contribution is 6.04. The first-order chi connectivity index (χ1) is 21.7. The first-order valence-electron chi connectivity index (χ1n) is 15.1. The van der Waals surface area contributed by atoms with Crippen molar-refractivity contribution in [1.82, 2.24) is 0 Å². The van der Waals surface area contributed by atoms with Gasteiger partial charge in [0.1, 0.15) is 11.4 Å². The molecule has 1 heterocycles. The number of hydrogen-bond acceptors (Lipinski definition) is 3. The third kappa shape index (κ3) is 5.13. The molecular weight excluding hydrogens is 538 g/mol. The number of fused-ring (bicyclic) bond motifs is 2. The summed E-state index contributed by atoms with van der Waals surface area (Å²) < 4.78 is 6.51. The standard InChI is InChI=1S/C40H31N3O/c1-42-37(28-41)32-26-34(44-40(27-32)24-6-7-25-40)23-20-29-18-21-33(22-19-29)43(38-16-8-12-30-10-2-4-14-35(30)38)39-17-9-13-31-11-3-5-15-36(31)39/h2-5,8-23,26H,6-7,24-25,27H2/b23-20+,37-32+. The maximum atomic E-state index is 9.54. The highest BCUT2D eigenvalue weighted by Gasteiger charge is 2.39. The van der Waals surface area contributed by atoms with E-state index in [0.29, 0.717) is 12.2 Å². The van der Waals surface area contributed by atoms with Gasteiger partial charge in [-0.15, -0.1) is 0 Å². The first kappa shape index (κ1) is 27.3. The van der Waals surface area contributed by atoms with Crippen molar-refractivity contribution in [2.75, 3.05) is 4.90 Å². The predicted molar refractivity (Wildman–Crippen MR) is 179 cm³/mol. The zero-order chi connectivity index (χ0) is 29.9. The Labute approximate surface area is 258 Å². The molecule has 1 spiro atoms. The van der Waals surface area contributed by atoms with Crippen LogP contribution in [0.1, 0.15) is 37.7 Å². The van der Waals surface area contributed by atoms with Crippen molar-refractivity contribution in [1.29, 1.82) is 5.26 Å². The maximum absolute atomic E-state index is 9.54. The van der Waals surface area contributed by atoms with Crippen molar-refractivity contribution < 1.29 is 4.74 Å². The SMILES string of the molecule is [C-]#[N+]/C(C#N)=C1C=C(/C=C/c2ccc(N(c3cccc4ccccc34)c3cccc4ccccc34)cc2)OC2(CCCC2)C\1. The van der Waals surface area contributed by atoms with Gasteiger partial charge in [0.15, 0.2) is 0 Å². The number of allylic oxidation sites excluding steroid dienone is 3. The van der Waals surface area contributed by atoms with Crippen LogP contribution in [-0.4, -0.2) is 5.60 Å². The third-order valence-electron chi connectivity index (χ3n) is 8.81. The Morgan fingerprint density at radius 2 is 1.36 bits per heavy atom. The monoisotopic (exact) mass is 569 g/mol. The minimum absolute atomic E-state index is 0.164. The van der Waals surface area contributed by atoms with Gasteiger partial charge in [-0.1, -0.05) is 91.0 Å². The number of anilines is 3. The number of nitriles is 1. The highest BCUT2D eigenvalue weighted by Crippen LogP contribution is 2.45. The number of hydrogen-bond donors (Lipinski definition) is 0. The summed E-state index contributed by atoms with van der Waals surface area (Å²) in [4.78, 5) is 5.84.